The first-order valence-electron chi connectivity index (χ1n) is 8.24. The fourth-order valence-corrected chi connectivity index (χ4v) is 3.27. The highest BCUT2D eigenvalue weighted by atomic mass is 79.9. The highest BCUT2D eigenvalue weighted by Crippen LogP contribution is 2.25. The van der Waals surface area contributed by atoms with Gasteiger partial charge in [-0.15, -0.1) is 0 Å². The van der Waals surface area contributed by atoms with Crippen molar-refractivity contribution in [1.29, 1.82) is 0 Å². The number of nitrogens with zero attached hydrogens (tertiary/aromatic N) is 1. The van der Waals surface area contributed by atoms with Crippen molar-refractivity contribution in [3.05, 3.63) is 50.8 Å². The predicted octanol–water partition coefficient (Wildman–Crippen LogP) is 3.85. The van der Waals surface area contributed by atoms with Gasteiger partial charge in [-0.3, -0.25) is 4.79 Å². The third-order valence-corrected chi connectivity index (χ3v) is 4.62. The molecule has 0 bridgehead atoms. The molecule has 2 aromatic rings. The van der Waals surface area contributed by atoms with Crippen LogP contribution in [-0.4, -0.2) is 42.5 Å². The quantitative estimate of drug-likeness (QED) is 0.717. The van der Waals surface area contributed by atoms with Crippen LogP contribution in [0.2, 0.25) is 0 Å². The van der Waals surface area contributed by atoms with Gasteiger partial charge in [0.05, 0.1) is 19.3 Å². The molecule has 0 aliphatic rings. The molecule has 1 heterocycles. The molecule has 26 heavy (non-hydrogen) atoms. The molecule has 0 atom stereocenters. The summed E-state index contributed by atoms with van der Waals surface area (Å²) in [6, 6.07) is 5.65. The van der Waals surface area contributed by atoms with Gasteiger partial charge in [0.15, 0.2) is 0 Å². The van der Waals surface area contributed by atoms with Crippen LogP contribution >= 0.6 is 15.9 Å². The molecular formula is C19H23BrN2O4. The van der Waals surface area contributed by atoms with Gasteiger partial charge in [-0.1, -0.05) is 15.9 Å². The summed E-state index contributed by atoms with van der Waals surface area (Å²) in [5, 5.41) is 0. The molecule has 0 saturated carbocycles. The van der Waals surface area contributed by atoms with Gasteiger partial charge in [0.25, 0.3) is 5.91 Å². The SMILES string of the molecule is CCOC(=O)c1c(C)[nH]c(C(=O)N(C)Cc2cc(Br)ccc2OC)c1C. The van der Waals surface area contributed by atoms with Crippen LogP contribution in [0.3, 0.4) is 0 Å². The standard InChI is InChI=1S/C19H23BrN2O4/c1-6-26-19(24)16-11(2)17(21-12(16)3)18(23)22(4)10-13-9-14(20)7-8-15(13)25-5/h7-9,21H,6,10H2,1-5H3. The number of rotatable bonds is 6. The van der Waals surface area contributed by atoms with E-state index in [1.54, 1.807) is 39.8 Å². The maximum Gasteiger partial charge on any atom is 0.340 e. The zero-order valence-corrected chi connectivity index (χ0v) is 17.2. The van der Waals surface area contributed by atoms with Gasteiger partial charge in [-0.2, -0.15) is 0 Å². The Morgan fingerprint density at radius 3 is 2.58 bits per heavy atom. The second kappa shape index (κ2) is 8.40. The molecule has 0 radical (unpaired) electrons. The van der Waals surface area contributed by atoms with E-state index in [-0.39, 0.29) is 12.5 Å². The second-order valence-electron chi connectivity index (χ2n) is 5.96. The molecule has 140 valence electrons. The fourth-order valence-electron chi connectivity index (χ4n) is 2.86. The molecular weight excluding hydrogens is 400 g/mol. The highest BCUT2D eigenvalue weighted by Gasteiger charge is 2.25. The topological polar surface area (TPSA) is 71.6 Å². The molecule has 1 aromatic carbocycles. The molecule has 1 N–H and O–H groups in total. The summed E-state index contributed by atoms with van der Waals surface area (Å²) in [7, 11) is 3.31. The lowest BCUT2D eigenvalue weighted by Crippen LogP contribution is -2.27. The van der Waals surface area contributed by atoms with E-state index < -0.39 is 5.97 Å². The molecule has 7 heteroatoms. The number of aromatic amines is 1. The summed E-state index contributed by atoms with van der Waals surface area (Å²) in [5.74, 6) is 0.0803. The molecule has 0 spiro atoms. The lowest BCUT2D eigenvalue weighted by Gasteiger charge is -2.19. The van der Waals surface area contributed by atoms with Gasteiger partial charge < -0.3 is 19.4 Å². The van der Waals surface area contributed by atoms with E-state index in [0.29, 0.717) is 34.8 Å². The summed E-state index contributed by atoms with van der Waals surface area (Å²) >= 11 is 3.44. The van der Waals surface area contributed by atoms with Crippen LogP contribution in [0.4, 0.5) is 0 Å². The molecule has 0 aliphatic carbocycles. The molecule has 6 nitrogen and oxygen atoms in total. The van der Waals surface area contributed by atoms with Gasteiger partial charge in [0, 0.05) is 29.3 Å². The Kier molecular flexibility index (Phi) is 6.47. The van der Waals surface area contributed by atoms with Gasteiger partial charge in [-0.25, -0.2) is 4.79 Å². The summed E-state index contributed by atoms with van der Waals surface area (Å²) in [6.07, 6.45) is 0. The van der Waals surface area contributed by atoms with Crippen molar-refractivity contribution in [2.75, 3.05) is 20.8 Å². The van der Waals surface area contributed by atoms with Crippen LogP contribution in [0.1, 0.15) is 44.6 Å². The zero-order valence-electron chi connectivity index (χ0n) is 15.6. The number of halogens is 1. The number of carbonyl (C=O) groups is 2. The summed E-state index contributed by atoms with van der Waals surface area (Å²) in [6.45, 7) is 5.91. The first-order valence-corrected chi connectivity index (χ1v) is 9.03. The average molecular weight is 423 g/mol. The molecule has 0 saturated heterocycles. The van der Waals surface area contributed by atoms with E-state index in [0.717, 1.165) is 10.0 Å². The zero-order chi connectivity index (χ0) is 19.4. The van der Waals surface area contributed by atoms with E-state index in [1.165, 1.54) is 0 Å². The smallest absolute Gasteiger partial charge is 0.340 e. The molecule has 1 aromatic heterocycles. The van der Waals surface area contributed by atoms with Crippen LogP contribution in [0.15, 0.2) is 22.7 Å². The lowest BCUT2D eigenvalue weighted by atomic mass is 10.1. The monoisotopic (exact) mass is 422 g/mol. The predicted molar refractivity (Wildman–Crippen MR) is 103 cm³/mol. The second-order valence-corrected chi connectivity index (χ2v) is 6.88. The third-order valence-electron chi connectivity index (χ3n) is 4.13. The van der Waals surface area contributed by atoms with Crippen molar-refractivity contribution in [2.45, 2.75) is 27.3 Å². The number of methoxy groups -OCH3 is 1. The molecule has 0 aliphatic heterocycles. The summed E-state index contributed by atoms with van der Waals surface area (Å²) in [4.78, 5) is 29.6. The number of hydrogen-bond donors (Lipinski definition) is 1. The third kappa shape index (κ3) is 4.09. The number of aromatic nitrogens is 1. The van der Waals surface area contributed by atoms with Gasteiger partial charge in [0.2, 0.25) is 0 Å². The first-order chi connectivity index (χ1) is 12.3. The number of esters is 1. The minimum Gasteiger partial charge on any atom is -0.496 e. The van der Waals surface area contributed by atoms with Crippen LogP contribution in [0.25, 0.3) is 0 Å². The number of amides is 1. The maximum atomic E-state index is 12.9. The first kappa shape index (κ1) is 20.0. The van der Waals surface area contributed by atoms with Crippen molar-refractivity contribution in [3.8, 4) is 5.75 Å². The van der Waals surface area contributed by atoms with E-state index in [4.69, 9.17) is 9.47 Å². The Labute approximate surface area is 161 Å². The van der Waals surface area contributed by atoms with Crippen LogP contribution in [0.5, 0.6) is 5.75 Å². The highest BCUT2D eigenvalue weighted by molar-refractivity contribution is 9.10. The van der Waals surface area contributed by atoms with Crippen molar-refractivity contribution in [1.82, 2.24) is 9.88 Å². The fraction of sp³-hybridized carbons (Fsp3) is 0.368. The van der Waals surface area contributed by atoms with Crippen molar-refractivity contribution in [3.63, 3.8) is 0 Å². The van der Waals surface area contributed by atoms with Crippen molar-refractivity contribution < 1.29 is 19.1 Å². The number of carbonyl (C=O) groups excluding carboxylic acids is 2. The van der Waals surface area contributed by atoms with E-state index in [2.05, 4.69) is 20.9 Å². The van der Waals surface area contributed by atoms with Crippen LogP contribution in [0, 0.1) is 13.8 Å². The summed E-state index contributed by atoms with van der Waals surface area (Å²) in [5.41, 5.74) is 2.91. The van der Waals surface area contributed by atoms with Crippen LogP contribution in [-0.2, 0) is 11.3 Å². The number of H-pyrrole nitrogens is 1. The van der Waals surface area contributed by atoms with E-state index in [1.807, 2.05) is 18.2 Å². The van der Waals surface area contributed by atoms with Crippen molar-refractivity contribution >= 4 is 27.8 Å². The number of ether oxygens (including phenoxy) is 2. The normalized spacial score (nSPS) is 10.5. The number of hydrogen-bond acceptors (Lipinski definition) is 4. The van der Waals surface area contributed by atoms with Crippen molar-refractivity contribution in [2.24, 2.45) is 0 Å². The van der Waals surface area contributed by atoms with E-state index in [9.17, 15) is 9.59 Å². The Hall–Kier alpha value is -2.28. The van der Waals surface area contributed by atoms with Crippen LogP contribution < -0.4 is 4.74 Å². The Morgan fingerprint density at radius 1 is 1.27 bits per heavy atom. The van der Waals surface area contributed by atoms with Gasteiger partial charge in [-0.05, 0) is 44.5 Å². The minimum atomic E-state index is -0.422. The molecule has 2 rings (SSSR count). The number of aryl methyl sites for hydroxylation is 1. The Morgan fingerprint density at radius 2 is 1.96 bits per heavy atom. The molecule has 0 fully saturated rings. The molecule has 0 unspecified atom stereocenters. The number of nitrogens with one attached hydrogen (secondary N) is 1. The Bertz CT molecular complexity index is 829. The largest absolute Gasteiger partial charge is 0.496 e. The number of benzene rings is 1. The molecule has 1 amide bonds. The average Bonchev–Trinajstić information content (AvgIpc) is 2.89. The minimum absolute atomic E-state index is 0.205. The van der Waals surface area contributed by atoms with Gasteiger partial charge in [0.1, 0.15) is 11.4 Å². The maximum absolute atomic E-state index is 12.9. The Balaban J connectivity index is 2.28. The summed E-state index contributed by atoms with van der Waals surface area (Å²) < 4.78 is 11.3. The lowest BCUT2D eigenvalue weighted by molar-refractivity contribution is 0.0525. The van der Waals surface area contributed by atoms with E-state index >= 15 is 0 Å². The van der Waals surface area contributed by atoms with Gasteiger partial charge >= 0.3 is 5.97 Å².